The van der Waals surface area contributed by atoms with Gasteiger partial charge in [-0.05, 0) is 30.9 Å². The second-order valence-corrected chi connectivity index (χ2v) is 8.61. The third kappa shape index (κ3) is 5.81. The number of carbonyl (C=O) groups is 1. The maximum Gasteiger partial charge on any atom is 0.405 e. The van der Waals surface area contributed by atoms with Crippen LogP contribution in [0.1, 0.15) is 49.9 Å². The van der Waals surface area contributed by atoms with Crippen molar-refractivity contribution in [2.75, 3.05) is 19.8 Å². The molecule has 9 heteroatoms. The summed E-state index contributed by atoms with van der Waals surface area (Å²) in [6.45, 7) is 7.16. The van der Waals surface area contributed by atoms with E-state index in [9.17, 15) is 18.0 Å². The van der Waals surface area contributed by atoms with Crippen LogP contribution in [0.25, 0.3) is 11.4 Å². The Morgan fingerprint density at radius 2 is 1.87 bits per heavy atom. The zero-order valence-electron chi connectivity index (χ0n) is 17.4. The molecule has 1 fully saturated rings. The zero-order chi connectivity index (χ0) is 21.9. The van der Waals surface area contributed by atoms with Gasteiger partial charge in [-0.1, -0.05) is 26.8 Å². The number of hydrogen-bond acceptors (Lipinski definition) is 4. The number of imidazole rings is 1. The fraction of sp³-hybridized carbons (Fsp3) is 0.571. The summed E-state index contributed by atoms with van der Waals surface area (Å²) < 4.78 is 44.7. The highest BCUT2D eigenvalue weighted by molar-refractivity contribution is 5.92. The number of pyridine rings is 1. The van der Waals surface area contributed by atoms with Crippen LogP contribution in [0.5, 0.6) is 0 Å². The minimum Gasteiger partial charge on any atom is -0.381 e. The number of rotatable bonds is 5. The lowest BCUT2D eigenvalue weighted by Crippen LogP contribution is -2.34. The third-order valence-electron chi connectivity index (χ3n) is 4.94. The molecule has 164 valence electrons. The minimum absolute atomic E-state index is 0.0759. The van der Waals surface area contributed by atoms with Gasteiger partial charge in [-0.2, -0.15) is 13.2 Å². The van der Waals surface area contributed by atoms with Crippen LogP contribution in [0.2, 0.25) is 0 Å². The molecule has 0 aromatic carbocycles. The Hall–Kier alpha value is -2.42. The molecule has 1 aliphatic heterocycles. The normalized spacial score (nSPS) is 15.9. The van der Waals surface area contributed by atoms with E-state index in [1.807, 2.05) is 11.5 Å². The van der Waals surface area contributed by atoms with Crippen LogP contribution in [0.4, 0.5) is 13.2 Å². The minimum atomic E-state index is -4.47. The van der Waals surface area contributed by atoms with Gasteiger partial charge in [0.25, 0.3) is 5.91 Å². The second-order valence-electron chi connectivity index (χ2n) is 8.61. The molecule has 1 N–H and O–H groups in total. The molecule has 0 bridgehead atoms. The summed E-state index contributed by atoms with van der Waals surface area (Å²) >= 11 is 0. The summed E-state index contributed by atoms with van der Waals surface area (Å²) in [5, 5.41) is 1.85. The van der Waals surface area contributed by atoms with Gasteiger partial charge in [0.15, 0.2) is 0 Å². The van der Waals surface area contributed by atoms with Crippen LogP contribution in [0.15, 0.2) is 24.4 Å². The van der Waals surface area contributed by atoms with Gasteiger partial charge in [-0.3, -0.25) is 4.79 Å². The Bertz CT molecular complexity index is 881. The molecule has 0 radical (unpaired) electrons. The Kier molecular flexibility index (Phi) is 6.50. The van der Waals surface area contributed by atoms with Gasteiger partial charge in [0, 0.05) is 31.4 Å². The van der Waals surface area contributed by atoms with Crippen LogP contribution >= 0.6 is 0 Å². The summed E-state index contributed by atoms with van der Waals surface area (Å²) in [7, 11) is 0. The molecular weight excluding hydrogens is 397 g/mol. The SMILES string of the molecule is CC(C)(C)c1nc(-c2cccc(C(=O)NCC(F)(F)F)n2)cn1CC1CCOCC1. The van der Waals surface area contributed by atoms with Crippen molar-refractivity contribution in [1.29, 1.82) is 0 Å². The Morgan fingerprint density at radius 1 is 1.17 bits per heavy atom. The molecule has 0 saturated carbocycles. The first-order valence-electron chi connectivity index (χ1n) is 10.0. The maximum absolute atomic E-state index is 12.4. The molecule has 0 spiro atoms. The van der Waals surface area contributed by atoms with E-state index in [4.69, 9.17) is 9.72 Å². The molecule has 1 amide bonds. The number of halogens is 3. The number of hydrogen-bond donors (Lipinski definition) is 1. The van der Waals surface area contributed by atoms with Crippen molar-refractivity contribution >= 4 is 5.91 Å². The smallest absolute Gasteiger partial charge is 0.381 e. The van der Waals surface area contributed by atoms with E-state index in [0.29, 0.717) is 17.3 Å². The third-order valence-corrected chi connectivity index (χ3v) is 4.94. The van der Waals surface area contributed by atoms with E-state index >= 15 is 0 Å². The number of ether oxygens (including phenoxy) is 1. The van der Waals surface area contributed by atoms with E-state index in [1.165, 1.54) is 6.07 Å². The van der Waals surface area contributed by atoms with Crippen molar-refractivity contribution in [2.24, 2.45) is 5.92 Å². The molecule has 0 aliphatic carbocycles. The highest BCUT2D eigenvalue weighted by atomic mass is 19.4. The van der Waals surface area contributed by atoms with Crippen LogP contribution in [-0.2, 0) is 16.7 Å². The van der Waals surface area contributed by atoms with Gasteiger partial charge >= 0.3 is 6.18 Å². The van der Waals surface area contributed by atoms with E-state index in [2.05, 4.69) is 30.3 Å². The first-order chi connectivity index (χ1) is 14.0. The summed E-state index contributed by atoms with van der Waals surface area (Å²) in [5.74, 6) is 0.527. The molecule has 6 nitrogen and oxygen atoms in total. The number of nitrogens with zero attached hydrogens (tertiary/aromatic N) is 3. The predicted molar refractivity (Wildman–Crippen MR) is 106 cm³/mol. The number of carbonyl (C=O) groups excluding carboxylic acids is 1. The zero-order valence-corrected chi connectivity index (χ0v) is 17.4. The average Bonchev–Trinajstić information content (AvgIpc) is 3.11. The maximum atomic E-state index is 12.4. The second kappa shape index (κ2) is 8.75. The molecule has 0 unspecified atom stereocenters. The molecule has 1 saturated heterocycles. The van der Waals surface area contributed by atoms with Crippen molar-refractivity contribution < 1.29 is 22.7 Å². The van der Waals surface area contributed by atoms with Gasteiger partial charge in [-0.25, -0.2) is 9.97 Å². The number of aromatic nitrogens is 3. The van der Waals surface area contributed by atoms with Crippen molar-refractivity contribution in [3.8, 4) is 11.4 Å². The van der Waals surface area contributed by atoms with Crippen molar-refractivity contribution in [3.05, 3.63) is 35.9 Å². The van der Waals surface area contributed by atoms with Crippen LogP contribution in [0.3, 0.4) is 0 Å². The van der Waals surface area contributed by atoms with Gasteiger partial charge in [0.2, 0.25) is 0 Å². The molecule has 0 atom stereocenters. The van der Waals surface area contributed by atoms with Crippen molar-refractivity contribution in [2.45, 2.75) is 51.7 Å². The number of nitrogens with one attached hydrogen (secondary N) is 1. The first-order valence-corrected chi connectivity index (χ1v) is 10.0. The van der Waals surface area contributed by atoms with Gasteiger partial charge in [0.05, 0.1) is 5.69 Å². The summed E-state index contributed by atoms with van der Waals surface area (Å²) in [6.07, 6.45) is -0.581. The average molecular weight is 424 g/mol. The molecule has 2 aromatic heterocycles. The van der Waals surface area contributed by atoms with E-state index < -0.39 is 18.6 Å². The Labute approximate surface area is 173 Å². The Balaban J connectivity index is 1.85. The summed E-state index contributed by atoms with van der Waals surface area (Å²) in [4.78, 5) is 21.1. The van der Waals surface area contributed by atoms with Gasteiger partial charge in [0.1, 0.15) is 23.8 Å². The molecule has 2 aromatic rings. The quantitative estimate of drug-likeness (QED) is 0.789. The highest BCUT2D eigenvalue weighted by Gasteiger charge is 2.28. The fourth-order valence-corrected chi connectivity index (χ4v) is 3.46. The van der Waals surface area contributed by atoms with E-state index in [0.717, 1.165) is 38.4 Å². The first kappa shape index (κ1) is 22.3. The topological polar surface area (TPSA) is 69.0 Å². The monoisotopic (exact) mass is 424 g/mol. The summed E-state index contributed by atoms with van der Waals surface area (Å²) in [6, 6.07) is 4.69. The lowest BCUT2D eigenvalue weighted by Gasteiger charge is -2.25. The van der Waals surface area contributed by atoms with Crippen LogP contribution in [0, 0.1) is 5.92 Å². The molecule has 3 rings (SSSR count). The predicted octanol–water partition coefficient (Wildman–Crippen LogP) is 3.96. The van der Waals surface area contributed by atoms with E-state index in [-0.39, 0.29) is 11.1 Å². The standard InChI is InChI=1S/C21H27F3N4O2/c1-20(2,3)19-27-17(12-28(19)11-14-7-9-30-10-8-14)15-5-4-6-16(26-15)18(29)25-13-21(22,23)24/h4-6,12,14H,7-11,13H2,1-3H3,(H,25,29). The largest absolute Gasteiger partial charge is 0.405 e. The summed E-state index contributed by atoms with van der Waals surface area (Å²) in [5.41, 5.74) is 0.766. The molecule has 30 heavy (non-hydrogen) atoms. The lowest BCUT2D eigenvalue weighted by atomic mass is 9.94. The number of alkyl halides is 3. The number of amides is 1. The van der Waals surface area contributed by atoms with Crippen LogP contribution in [-0.4, -0.2) is 46.4 Å². The van der Waals surface area contributed by atoms with E-state index in [1.54, 1.807) is 12.1 Å². The Morgan fingerprint density at radius 3 is 2.50 bits per heavy atom. The molecular formula is C21H27F3N4O2. The van der Waals surface area contributed by atoms with Gasteiger partial charge in [-0.15, -0.1) is 0 Å². The van der Waals surface area contributed by atoms with Gasteiger partial charge < -0.3 is 14.6 Å². The highest BCUT2D eigenvalue weighted by Crippen LogP contribution is 2.28. The molecule has 1 aliphatic rings. The van der Waals surface area contributed by atoms with Crippen molar-refractivity contribution in [1.82, 2.24) is 19.9 Å². The van der Waals surface area contributed by atoms with Crippen molar-refractivity contribution in [3.63, 3.8) is 0 Å². The van der Waals surface area contributed by atoms with Crippen LogP contribution < -0.4 is 5.32 Å². The molecule has 3 heterocycles. The fourth-order valence-electron chi connectivity index (χ4n) is 3.46. The lowest BCUT2D eigenvalue weighted by molar-refractivity contribution is -0.123.